The molecule has 0 saturated heterocycles. The lowest BCUT2D eigenvalue weighted by molar-refractivity contribution is -0.119. The highest BCUT2D eigenvalue weighted by molar-refractivity contribution is 6.31. The van der Waals surface area contributed by atoms with E-state index < -0.39 is 23.1 Å². The van der Waals surface area contributed by atoms with Crippen molar-refractivity contribution in [2.75, 3.05) is 12.4 Å². The monoisotopic (exact) mass is 274 g/mol. The SMILES string of the molecule is COc1ccc(F)c(NC(=O)NC(=O)C(C)Cl)c1. The van der Waals surface area contributed by atoms with Gasteiger partial charge in [0.25, 0.3) is 0 Å². The van der Waals surface area contributed by atoms with E-state index in [1.54, 1.807) is 0 Å². The fourth-order valence-corrected chi connectivity index (χ4v) is 1.15. The first-order chi connectivity index (χ1) is 8.43. The van der Waals surface area contributed by atoms with Crippen LogP contribution in [0.25, 0.3) is 0 Å². The van der Waals surface area contributed by atoms with Gasteiger partial charge in [0.2, 0.25) is 5.91 Å². The molecule has 0 bridgehead atoms. The number of ether oxygens (including phenoxy) is 1. The number of carbonyl (C=O) groups excluding carboxylic acids is 2. The van der Waals surface area contributed by atoms with Crippen LogP contribution in [-0.4, -0.2) is 24.4 Å². The quantitative estimate of drug-likeness (QED) is 0.830. The Kier molecular flexibility index (Phi) is 4.91. The van der Waals surface area contributed by atoms with E-state index in [1.807, 2.05) is 5.32 Å². The van der Waals surface area contributed by atoms with Gasteiger partial charge in [-0.3, -0.25) is 10.1 Å². The van der Waals surface area contributed by atoms with Crippen molar-refractivity contribution in [1.29, 1.82) is 0 Å². The van der Waals surface area contributed by atoms with Crippen molar-refractivity contribution >= 4 is 29.2 Å². The summed E-state index contributed by atoms with van der Waals surface area (Å²) in [5.74, 6) is -0.932. The molecular formula is C11H12ClFN2O3. The number of anilines is 1. The van der Waals surface area contributed by atoms with Crippen molar-refractivity contribution < 1.29 is 18.7 Å². The van der Waals surface area contributed by atoms with E-state index >= 15 is 0 Å². The van der Waals surface area contributed by atoms with Crippen molar-refractivity contribution in [3.63, 3.8) is 0 Å². The molecule has 3 amide bonds. The zero-order valence-corrected chi connectivity index (χ0v) is 10.5. The Morgan fingerprint density at radius 3 is 2.67 bits per heavy atom. The number of halogens is 2. The van der Waals surface area contributed by atoms with Crippen molar-refractivity contribution in [1.82, 2.24) is 5.32 Å². The second-order valence-corrected chi connectivity index (χ2v) is 4.06. The van der Waals surface area contributed by atoms with Crippen LogP contribution in [0.15, 0.2) is 18.2 Å². The molecule has 0 heterocycles. The average molecular weight is 275 g/mol. The summed E-state index contributed by atoms with van der Waals surface area (Å²) < 4.78 is 18.2. The molecule has 98 valence electrons. The van der Waals surface area contributed by atoms with Crippen LogP contribution in [0, 0.1) is 5.82 Å². The summed E-state index contributed by atoms with van der Waals surface area (Å²) in [5.41, 5.74) is -0.0955. The molecule has 0 spiro atoms. The molecule has 1 rings (SSSR count). The second kappa shape index (κ2) is 6.20. The minimum Gasteiger partial charge on any atom is -0.497 e. The Bertz CT molecular complexity index is 466. The molecule has 0 aliphatic rings. The largest absolute Gasteiger partial charge is 0.497 e. The summed E-state index contributed by atoms with van der Waals surface area (Å²) in [6, 6.07) is 2.98. The predicted octanol–water partition coefficient (Wildman–Crippen LogP) is 2.11. The molecule has 1 unspecified atom stereocenters. The molecule has 0 aromatic heterocycles. The van der Waals surface area contributed by atoms with Gasteiger partial charge in [0, 0.05) is 6.07 Å². The van der Waals surface area contributed by atoms with Gasteiger partial charge in [-0.15, -0.1) is 11.6 Å². The van der Waals surface area contributed by atoms with Crippen molar-refractivity contribution in [3.05, 3.63) is 24.0 Å². The first-order valence-electron chi connectivity index (χ1n) is 5.03. The normalized spacial score (nSPS) is 11.6. The smallest absolute Gasteiger partial charge is 0.326 e. The average Bonchev–Trinajstić information content (AvgIpc) is 2.31. The highest BCUT2D eigenvalue weighted by Gasteiger charge is 2.14. The van der Waals surface area contributed by atoms with E-state index in [-0.39, 0.29) is 5.69 Å². The van der Waals surface area contributed by atoms with Crippen LogP contribution in [0.4, 0.5) is 14.9 Å². The van der Waals surface area contributed by atoms with E-state index in [1.165, 1.54) is 26.2 Å². The van der Waals surface area contributed by atoms with E-state index in [4.69, 9.17) is 16.3 Å². The van der Waals surface area contributed by atoms with E-state index in [0.29, 0.717) is 5.75 Å². The summed E-state index contributed by atoms with van der Waals surface area (Å²) in [5, 5.41) is 3.29. The third kappa shape index (κ3) is 3.89. The van der Waals surface area contributed by atoms with Gasteiger partial charge in [0.15, 0.2) is 0 Å². The van der Waals surface area contributed by atoms with Crippen LogP contribution in [0.1, 0.15) is 6.92 Å². The van der Waals surface area contributed by atoms with Crippen molar-refractivity contribution in [2.24, 2.45) is 0 Å². The summed E-state index contributed by atoms with van der Waals surface area (Å²) >= 11 is 5.47. The maximum absolute atomic E-state index is 13.4. The molecule has 7 heteroatoms. The number of alkyl halides is 1. The molecule has 1 aromatic rings. The Hall–Kier alpha value is -1.82. The van der Waals surface area contributed by atoms with Gasteiger partial charge in [-0.05, 0) is 19.1 Å². The van der Waals surface area contributed by atoms with E-state index in [2.05, 4.69) is 5.32 Å². The number of methoxy groups -OCH3 is 1. The fourth-order valence-electron chi connectivity index (χ4n) is 1.09. The van der Waals surface area contributed by atoms with Crippen LogP contribution in [-0.2, 0) is 4.79 Å². The van der Waals surface area contributed by atoms with E-state index in [0.717, 1.165) is 6.07 Å². The van der Waals surface area contributed by atoms with Crippen LogP contribution in [0.5, 0.6) is 5.75 Å². The van der Waals surface area contributed by atoms with Gasteiger partial charge in [-0.1, -0.05) is 0 Å². The summed E-state index contributed by atoms with van der Waals surface area (Å²) in [7, 11) is 1.41. The van der Waals surface area contributed by atoms with Crippen LogP contribution in [0.3, 0.4) is 0 Å². The highest BCUT2D eigenvalue weighted by Crippen LogP contribution is 2.20. The zero-order valence-electron chi connectivity index (χ0n) is 9.79. The molecule has 0 fully saturated rings. The number of rotatable bonds is 3. The Morgan fingerprint density at radius 2 is 2.11 bits per heavy atom. The summed E-state index contributed by atoms with van der Waals surface area (Å²) in [6.45, 7) is 1.41. The Labute approximate surface area is 108 Å². The topological polar surface area (TPSA) is 67.4 Å². The first-order valence-corrected chi connectivity index (χ1v) is 5.47. The molecule has 18 heavy (non-hydrogen) atoms. The Morgan fingerprint density at radius 1 is 1.44 bits per heavy atom. The van der Waals surface area contributed by atoms with Gasteiger partial charge < -0.3 is 10.1 Å². The van der Waals surface area contributed by atoms with Gasteiger partial charge >= 0.3 is 6.03 Å². The third-order valence-corrected chi connectivity index (χ3v) is 2.22. The molecule has 1 aromatic carbocycles. The van der Waals surface area contributed by atoms with Crippen molar-refractivity contribution in [3.8, 4) is 5.75 Å². The number of hydrogen-bond acceptors (Lipinski definition) is 3. The fraction of sp³-hybridized carbons (Fsp3) is 0.273. The zero-order chi connectivity index (χ0) is 13.7. The number of amides is 3. The number of hydrogen-bond donors (Lipinski definition) is 2. The predicted molar refractivity (Wildman–Crippen MR) is 65.4 cm³/mol. The Balaban J connectivity index is 2.72. The number of urea groups is 1. The molecule has 2 N–H and O–H groups in total. The molecule has 0 aliphatic carbocycles. The number of carbonyl (C=O) groups is 2. The van der Waals surface area contributed by atoms with Crippen LogP contribution < -0.4 is 15.4 Å². The van der Waals surface area contributed by atoms with Crippen LogP contribution in [0.2, 0.25) is 0 Å². The van der Waals surface area contributed by atoms with Gasteiger partial charge in [-0.2, -0.15) is 0 Å². The number of nitrogens with one attached hydrogen (secondary N) is 2. The summed E-state index contributed by atoms with van der Waals surface area (Å²) in [6.07, 6.45) is 0. The standard InChI is InChI=1S/C11H12ClFN2O3/c1-6(12)10(16)15-11(17)14-9-5-7(18-2)3-4-8(9)13/h3-6H,1-2H3,(H2,14,15,16,17). The highest BCUT2D eigenvalue weighted by atomic mass is 35.5. The lowest BCUT2D eigenvalue weighted by atomic mass is 10.3. The van der Waals surface area contributed by atoms with Gasteiger partial charge in [-0.25, -0.2) is 9.18 Å². The minimum absolute atomic E-state index is 0.0955. The molecule has 0 aliphatic heterocycles. The lowest BCUT2D eigenvalue weighted by Gasteiger charge is -2.09. The van der Waals surface area contributed by atoms with Crippen molar-refractivity contribution in [2.45, 2.75) is 12.3 Å². The molecule has 0 saturated carbocycles. The third-order valence-electron chi connectivity index (χ3n) is 2.02. The molecule has 1 atom stereocenters. The molecule has 0 radical (unpaired) electrons. The van der Waals surface area contributed by atoms with E-state index in [9.17, 15) is 14.0 Å². The first kappa shape index (κ1) is 14.2. The number of benzene rings is 1. The second-order valence-electron chi connectivity index (χ2n) is 3.41. The maximum atomic E-state index is 13.4. The lowest BCUT2D eigenvalue weighted by Crippen LogP contribution is -2.38. The van der Waals surface area contributed by atoms with Crippen LogP contribution >= 0.6 is 11.6 Å². The number of imide groups is 1. The molecule has 5 nitrogen and oxygen atoms in total. The molecular weight excluding hydrogens is 263 g/mol. The minimum atomic E-state index is -0.861. The van der Waals surface area contributed by atoms with Gasteiger partial charge in [0.1, 0.15) is 16.9 Å². The van der Waals surface area contributed by atoms with Gasteiger partial charge in [0.05, 0.1) is 12.8 Å². The summed E-state index contributed by atoms with van der Waals surface area (Å²) in [4.78, 5) is 22.5. The maximum Gasteiger partial charge on any atom is 0.326 e.